The van der Waals surface area contributed by atoms with Crippen LogP contribution in [0, 0.1) is 47.3 Å². The van der Waals surface area contributed by atoms with E-state index in [9.17, 15) is 23.7 Å². The number of nitrogen functional groups attached to an aromatic ring is 1. The molecular weight excluding hydrogens is 1260 g/mol. The number of nitrogens with one attached hydrogen (secondary N) is 6. The van der Waals surface area contributed by atoms with E-state index in [1.54, 1.807) is 24.3 Å². The fourth-order valence-electron chi connectivity index (χ4n) is 13.3. The van der Waals surface area contributed by atoms with Crippen LogP contribution in [0.4, 0.5) is 11.8 Å². The molecule has 0 bridgehead atoms. The van der Waals surface area contributed by atoms with E-state index in [-0.39, 0.29) is 30.4 Å². The molecule has 0 aliphatic rings. The number of nitrogens with two attached hydrogens (primary N) is 2. The summed E-state index contributed by atoms with van der Waals surface area (Å²) in [6, 6.07) is 6.14. The number of ketones is 1. The van der Waals surface area contributed by atoms with E-state index >= 15 is 0 Å². The van der Waals surface area contributed by atoms with Crippen LogP contribution < -0.4 is 43.7 Å². The van der Waals surface area contributed by atoms with Gasteiger partial charge in [-0.25, -0.2) is 4.79 Å². The highest BCUT2D eigenvalue weighted by atomic mass is 31.2. The molecule has 0 fully saturated rings. The van der Waals surface area contributed by atoms with Gasteiger partial charge >= 0.3 is 13.3 Å². The number of aromatic nitrogens is 4. The third-order valence-electron chi connectivity index (χ3n) is 20.2. The molecule has 2 aromatic heterocycles. The first kappa shape index (κ1) is 89.0. The Kier molecular flexibility index (Phi) is 49.0. The van der Waals surface area contributed by atoms with Crippen LogP contribution in [0.25, 0.3) is 11.2 Å². The Bertz CT molecular complexity index is 2610. The van der Waals surface area contributed by atoms with Crippen LogP contribution in [0.3, 0.4) is 0 Å². The number of imidazole rings is 1. The van der Waals surface area contributed by atoms with Gasteiger partial charge in [-0.3, -0.25) is 23.5 Å². The number of Topliss-reactive ketones (excluding diaryl/α,β-unsaturated/α-hetero) is 1. The van der Waals surface area contributed by atoms with E-state index in [1.807, 2.05) is 0 Å². The summed E-state index contributed by atoms with van der Waals surface area (Å²) in [5.41, 5.74) is 13.3. The van der Waals surface area contributed by atoms with Crippen molar-refractivity contribution in [2.45, 2.75) is 313 Å². The number of nitrogens with zero attached hydrogens (tertiary/aromatic N) is 3. The Morgan fingerprint density at radius 3 is 1.52 bits per heavy atom. The van der Waals surface area contributed by atoms with Gasteiger partial charge in [0.25, 0.3) is 5.91 Å². The number of benzene rings is 1. The summed E-state index contributed by atoms with van der Waals surface area (Å²) in [6.45, 7) is 31.2. The second kappa shape index (κ2) is 54.5. The Morgan fingerprint density at radius 2 is 1.01 bits per heavy atom. The lowest BCUT2D eigenvalue weighted by molar-refractivity contribution is -0.127. The molecule has 1 aromatic carbocycles. The van der Waals surface area contributed by atoms with Gasteiger partial charge in [0.05, 0.1) is 38.5 Å². The number of amides is 2. The predicted octanol–water partition coefficient (Wildman–Crippen LogP) is 18.1. The minimum atomic E-state index is -3.33. The minimum absolute atomic E-state index is 0.00938. The lowest BCUT2D eigenvalue weighted by atomic mass is 9.91. The molecule has 0 saturated heterocycles. The van der Waals surface area contributed by atoms with Crippen molar-refractivity contribution >= 4 is 48.1 Å². The van der Waals surface area contributed by atoms with E-state index in [0.717, 1.165) is 138 Å². The monoisotopic (exact) mass is 1410 g/mol. The standard InChI is InChI=1S/C80H148N11O7P/c1-12-13-56-85-79-89-76(82)75-77(90-79)91(80(95)88-75)61-70-45-47-71(48-46-70)78(94)86-60-74(93)87-72(73(92)44-19-17-15-14-16-18-21-52-83-54-29-51-81)43-20-22-53-84-55-30-59-99(96,97-57-49-68(10)41-27-39-66(8)37-25-35-64(6)33-23-31-62(2)3)98-58-50-69(11)42-28-40-67(9)38-26-36-65(7)34-24-32-63(4)5/h45-48,62-69,72,83-84H,12-44,49-61,81H2,1-11H3,(H,86,94)(H,87,93)(H,88,95)(H3,82,85,89,90)/t64?,65?,66?,67?,68?,69?,72-,99?/m0/s1. The molecule has 2 heterocycles. The highest BCUT2D eigenvalue weighted by Crippen LogP contribution is 2.49. The van der Waals surface area contributed by atoms with Crippen molar-refractivity contribution in [3.63, 3.8) is 0 Å². The fraction of sp³-hybridized carbons (Fsp3) is 0.825. The molecule has 99 heavy (non-hydrogen) atoms. The summed E-state index contributed by atoms with van der Waals surface area (Å²) in [4.78, 5) is 65.5. The van der Waals surface area contributed by atoms with Gasteiger partial charge in [0.1, 0.15) is 5.52 Å². The molecular formula is C80H148N11O7P. The van der Waals surface area contributed by atoms with E-state index in [0.29, 0.717) is 106 Å². The van der Waals surface area contributed by atoms with Crippen LogP contribution in [0.2, 0.25) is 0 Å². The van der Waals surface area contributed by atoms with E-state index in [1.165, 1.54) is 120 Å². The highest BCUT2D eigenvalue weighted by Gasteiger charge is 2.26. The molecule has 0 radical (unpaired) electrons. The maximum Gasteiger partial charge on any atom is 0.330 e. The maximum atomic E-state index is 14.5. The third-order valence-corrected chi connectivity index (χ3v) is 22.2. The molecule has 570 valence electrons. The Balaban J connectivity index is 1.53. The molecule has 6 unspecified atom stereocenters. The van der Waals surface area contributed by atoms with Crippen molar-refractivity contribution in [1.82, 2.24) is 40.8 Å². The summed E-state index contributed by atoms with van der Waals surface area (Å²) < 4.78 is 28.7. The molecule has 0 aliphatic carbocycles. The number of H-pyrrole nitrogens is 1. The number of fused-ring (bicyclic) bond motifs is 1. The number of carbonyl (C=O) groups excluding carboxylic acids is 3. The van der Waals surface area contributed by atoms with E-state index < -0.39 is 25.5 Å². The van der Waals surface area contributed by atoms with Gasteiger partial charge in [-0.1, -0.05) is 242 Å². The van der Waals surface area contributed by atoms with E-state index in [2.05, 4.69) is 118 Å². The van der Waals surface area contributed by atoms with Gasteiger partial charge in [0.2, 0.25) is 11.9 Å². The summed E-state index contributed by atoms with van der Waals surface area (Å²) in [7, 11) is -3.33. The second-order valence-corrected chi connectivity index (χ2v) is 33.4. The molecule has 10 N–H and O–H groups in total. The number of carbonyl (C=O) groups is 3. The van der Waals surface area contributed by atoms with Crippen molar-refractivity contribution in [2.75, 3.05) is 76.2 Å². The lowest BCUT2D eigenvalue weighted by Gasteiger charge is -2.21. The average Bonchev–Trinajstić information content (AvgIpc) is 1.65. The van der Waals surface area contributed by atoms with Crippen molar-refractivity contribution in [3.8, 4) is 0 Å². The molecule has 18 nitrogen and oxygen atoms in total. The Morgan fingerprint density at radius 1 is 0.545 bits per heavy atom. The fourth-order valence-corrected chi connectivity index (χ4v) is 15.0. The topological polar surface area (TPSA) is 262 Å². The smallest absolute Gasteiger partial charge is 0.330 e. The molecule has 7 atom stereocenters. The van der Waals surface area contributed by atoms with Gasteiger partial charge in [-0.05, 0) is 162 Å². The van der Waals surface area contributed by atoms with Gasteiger partial charge in [0.15, 0.2) is 17.2 Å². The van der Waals surface area contributed by atoms with Crippen molar-refractivity contribution in [2.24, 2.45) is 53.1 Å². The number of unbranched alkanes of at least 4 members (excludes halogenated alkanes) is 8. The minimum Gasteiger partial charge on any atom is -0.382 e. The summed E-state index contributed by atoms with van der Waals surface area (Å²) in [5.74, 6) is 5.38. The third kappa shape index (κ3) is 42.9. The zero-order chi connectivity index (χ0) is 72.5. The number of anilines is 2. The van der Waals surface area contributed by atoms with E-state index in [4.69, 9.17) is 20.5 Å². The lowest BCUT2D eigenvalue weighted by Crippen LogP contribution is -2.45. The van der Waals surface area contributed by atoms with Gasteiger partial charge in [-0.15, -0.1) is 0 Å². The van der Waals surface area contributed by atoms with Crippen LogP contribution in [-0.2, 0) is 29.7 Å². The number of hydrogen-bond acceptors (Lipinski definition) is 14. The first-order chi connectivity index (χ1) is 47.6. The first-order valence-corrected chi connectivity index (χ1v) is 42.0. The van der Waals surface area contributed by atoms with Crippen molar-refractivity contribution in [3.05, 3.63) is 45.9 Å². The number of rotatable bonds is 65. The summed E-state index contributed by atoms with van der Waals surface area (Å²) in [6.07, 6.45) is 38.8. The SMILES string of the molecule is CCCCNc1nc(N)c2[nH]c(=O)n(Cc3ccc(C(=O)NCC(=O)N[C@@H](CCCCNCCCP(=O)(OCCC(C)CCCC(C)CCCC(C)CCCC(C)C)OCCC(C)CCCC(C)CCCC(C)CCCC(C)C)C(=O)CCCCCCCCCNCCCN)cc3)c2n1. The zero-order valence-corrected chi connectivity index (χ0v) is 65.7. The summed E-state index contributed by atoms with van der Waals surface area (Å²) >= 11 is 0. The quantitative estimate of drug-likeness (QED) is 0.0193. The highest BCUT2D eigenvalue weighted by molar-refractivity contribution is 7.53. The second-order valence-electron chi connectivity index (χ2n) is 31.2. The molecule has 0 spiro atoms. The average molecular weight is 1410 g/mol. The Hall–Kier alpha value is -4.19. The Labute approximate surface area is 602 Å². The molecule has 2 amide bonds. The van der Waals surface area contributed by atoms with Gasteiger partial charge in [0, 0.05) is 18.5 Å². The first-order valence-electron chi connectivity index (χ1n) is 40.3. The largest absolute Gasteiger partial charge is 0.382 e. The van der Waals surface area contributed by atoms with Crippen molar-refractivity contribution < 1.29 is 28.0 Å². The molecule has 3 aromatic rings. The molecule has 0 aliphatic heterocycles. The van der Waals surface area contributed by atoms with Crippen LogP contribution in [-0.4, -0.2) is 108 Å². The predicted molar refractivity (Wildman–Crippen MR) is 417 cm³/mol. The van der Waals surface area contributed by atoms with Gasteiger partial charge in [-0.2, -0.15) is 9.97 Å². The summed E-state index contributed by atoms with van der Waals surface area (Å²) in [5, 5.41) is 15.9. The normalized spacial score (nSPS) is 14.7. The number of hydrogen-bond donors (Lipinski definition) is 8. The van der Waals surface area contributed by atoms with Crippen LogP contribution >= 0.6 is 7.60 Å². The molecule has 19 heteroatoms. The molecule has 0 saturated carbocycles. The molecule has 3 rings (SSSR count). The van der Waals surface area contributed by atoms with Crippen LogP contribution in [0.1, 0.15) is 317 Å². The maximum absolute atomic E-state index is 14.5. The van der Waals surface area contributed by atoms with Crippen LogP contribution in [0.15, 0.2) is 29.1 Å². The zero-order valence-electron chi connectivity index (χ0n) is 64.8. The van der Waals surface area contributed by atoms with Crippen molar-refractivity contribution in [1.29, 1.82) is 0 Å². The number of aromatic amines is 1. The van der Waals surface area contributed by atoms with Gasteiger partial charge < -0.3 is 52.1 Å². The van der Waals surface area contributed by atoms with Crippen LogP contribution in [0.5, 0.6) is 0 Å².